The lowest BCUT2D eigenvalue weighted by Gasteiger charge is -2.34. The molecule has 1 aliphatic rings. The summed E-state index contributed by atoms with van der Waals surface area (Å²) in [5, 5.41) is 8.92. The van der Waals surface area contributed by atoms with Gasteiger partial charge in [0.15, 0.2) is 0 Å². The summed E-state index contributed by atoms with van der Waals surface area (Å²) >= 11 is 1.58. The van der Waals surface area contributed by atoms with Crippen LogP contribution in [0, 0.1) is 5.41 Å². The smallest absolute Gasteiger partial charge is 0.254 e. The Bertz CT molecular complexity index is 1080. The van der Waals surface area contributed by atoms with Gasteiger partial charge in [-0.3, -0.25) is 14.5 Å². The van der Waals surface area contributed by atoms with Crippen LogP contribution in [0.2, 0.25) is 0 Å². The Labute approximate surface area is 191 Å². The number of aromatic nitrogens is 2. The number of hydrogen-bond acceptors (Lipinski definition) is 7. The van der Waals surface area contributed by atoms with E-state index in [1.807, 2.05) is 43.2 Å². The summed E-state index contributed by atoms with van der Waals surface area (Å²) in [7, 11) is 0. The highest BCUT2D eigenvalue weighted by molar-refractivity contribution is 7.13. The number of thiophene rings is 1. The topological polar surface area (TPSA) is 91.6 Å². The third kappa shape index (κ3) is 5.23. The first-order valence-electron chi connectivity index (χ1n) is 10.6. The van der Waals surface area contributed by atoms with Gasteiger partial charge in [-0.25, -0.2) is 0 Å². The minimum atomic E-state index is -0.501. The van der Waals surface area contributed by atoms with Gasteiger partial charge in [-0.15, -0.1) is 11.3 Å². The zero-order valence-corrected chi connectivity index (χ0v) is 19.3. The standard InChI is InChI=1S/C23H27N5O3S/c1-23(2,3)22(30)24-17-7-4-6-16(14-17)21(29)28-11-9-27(10-12-28)15-19-25-20(26-31-19)18-8-5-13-32-18/h4-8,13-14H,9-12,15H2,1-3H3,(H,24,30). The lowest BCUT2D eigenvalue weighted by Crippen LogP contribution is -2.48. The molecule has 0 atom stereocenters. The molecule has 2 aromatic heterocycles. The van der Waals surface area contributed by atoms with Crippen LogP contribution in [0.5, 0.6) is 0 Å². The fraction of sp³-hybridized carbons (Fsp3) is 0.391. The first-order chi connectivity index (χ1) is 15.3. The van der Waals surface area contributed by atoms with E-state index in [2.05, 4.69) is 20.4 Å². The molecule has 1 aromatic carbocycles. The fourth-order valence-electron chi connectivity index (χ4n) is 3.36. The Hall–Kier alpha value is -3.04. The van der Waals surface area contributed by atoms with Crippen LogP contribution in [-0.2, 0) is 11.3 Å². The van der Waals surface area contributed by atoms with Crippen molar-refractivity contribution >= 4 is 28.8 Å². The van der Waals surface area contributed by atoms with Crippen molar-refractivity contribution in [2.45, 2.75) is 27.3 Å². The summed E-state index contributed by atoms with van der Waals surface area (Å²) < 4.78 is 5.39. The van der Waals surface area contributed by atoms with Crippen LogP contribution < -0.4 is 5.32 Å². The summed E-state index contributed by atoms with van der Waals surface area (Å²) in [5.74, 6) is 1.07. The highest BCUT2D eigenvalue weighted by atomic mass is 32.1. The van der Waals surface area contributed by atoms with Gasteiger partial charge in [-0.1, -0.05) is 38.1 Å². The van der Waals surface area contributed by atoms with Crippen molar-refractivity contribution in [3.63, 3.8) is 0 Å². The number of benzene rings is 1. The minimum absolute atomic E-state index is 0.0331. The van der Waals surface area contributed by atoms with E-state index < -0.39 is 5.41 Å². The quantitative estimate of drug-likeness (QED) is 0.633. The number of anilines is 1. The Morgan fingerprint density at radius 1 is 1.12 bits per heavy atom. The Morgan fingerprint density at radius 3 is 2.59 bits per heavy atom. The van der Waals surface area contributed by atoms with Gasteiger partial charge in [0.25, 0.3) is 5.91 Å². The number of carbonyl (C=O) groups excluding carboxylic acids is 2. The highest BCUT2D eigenvalue weighted by Crippen LogP contribution is 2.22. The summed E-state index contributed by atoms with van der Waals surface area (Å²) in [6.45, 7) is 8.81. The Kier molecular flexibility index (Phi) is 6.38. The zero-order valence-electron chi connectivity index (χ0n) is 18.5. The molecule has 1 saturated heterocycles. The lowest BCUT2D eigenvalue weighted by atomic mass is 9.95. The van der Waals surface area contributed by atoms with Crippen molar-refractivity contribution in [3.05, 3.63) is 53.2 Å². The Morgan fingerprint density at radius 2 is 1.91 bits per heavy atom. The number of hydrogen-bond donors (Lipinski definition) is 1. The predicted octanol–water partition coefficient (Wildman–Crippen LogP) is 3.74. The summed E-state index contributed by atoms with van der Waals surface area (Å²) in [4.78, 5) is 34.7. The van der Waals surface area contributed by atoms with E-state index in [-0.39, 0.29) is 11.8 Å². The molecular weight excluding hydrogens is 426 g/mol. The second-order valence-electron chi connectivity index (χ2n) is 8.84. The minimum Gasteiger partial charge on any atom is -0.338 e. The van der Waals surface area contributed by atoms with Crippen molar-refractivity contribution in [1.82, 2.24) is 19.9 Å². The molecule has 168 valence electrons. The van der Waals surface area contributed by atoms with Crippen LogP contribution in [0.4, 0.5) is 5.69 Å². The molecule has 1 fully saturated rings. The van der Waals surface area contributed by atoms with Gasteiger partial charge in [-0.2, -0.15) is 4.98 Å². The van der Waals surface area contributed by atoms with E-state index in [1.165, 1.54) is 0 Å². The van der Waals surface area contributed by atoms with Gasteiger partial charge in [0.05, 0.1) is 11.4 Å². The van der Waals surface area contributed by atoms with Gasteiger partial charge < -0.3 is 14.7 Å². The van der Waals surface area contributed by atoms with E-state index in [1.54, 1.807) is 35.6 Å². The molecule has 9 heteroatoms. The molecule has 3 heterocycles. The van der Waals surface area contributed by atoms with Crippen molar-refractivity contribution in [1.29, 1.82) is 0 Å². The van der Waals surface area contributed by atoms with Crippen molar-refractivity contribution < 1.29 is 14.1 Å². The van der Waals surface area contributed by atoms with Crippen LogP contribution in [0.3, 0.4) is 0 Å². The Balaban J connectivity index is 1.32. The van der Waals surface area contributed by atoms with Gasteiger partial charge >= 0.3 is 0 Å². The van der Waals surface area contributed by atoms with E-state index in [0.29, 0.717) is 42.6 Å². The number of rotatable bonds is 5. The second-order valence-corrected chi connectivity index (χ2v) is 9.79. The van der Waals surface area contributed by atoms with E-state index in [9.17, 15) is 9.59 Å². The van der Waals surface area contributed by atoms with Crippen molar-refractivity contribution in [2.75, 3.05) is 31.5 Å². The molecule has 1 aliphatic heterocycles. The van der Waals surface area contributed by atoms with E-state index >= 15 is 0 Å². The van der Waals surface area contributed by atoms with Gasteiger partial charge in [0.2, 0.25) is 17.6 Å². The summed E-state index contributed by atoms with van der Waals surface area (Å²) in [6.07, 6.45) is 0. The molecule has 0 saturated carbocycles. The van der Waals surface area contributed by atoms with Crippen molar-refractivity contribution in [3.8, 4) is 10.7 Å². The third-order valence-electron chi connectivity index (χ3n) is 5.28. The third-order valence-corrected chi connectivity index (χ3v) is 6.14. The van der Waals surface area contributed by atoms with Crippen LogP contribution in [0.15, 0.2) is 46.3 Å². The number of nitrogens with one attached hydrogen (secondary N) is 1. The molecule has 0 unspecified atom stereocenters. The molecule has 3 aromatic rings. The number of nitrogens with zero attached hydrogens (tertiary/aromatic N) is 4. The number of piperazine rings is 1. The maximum Gasteiger partial charge on any atom is 0.254 e. The maximum atomic E-state index is 13.0. The SMILES string of the molecule is CC(C)(C)C(=O)Nc1cccc(C(=O)N2CCN(Cc3nc(-c4cccs4)no3)CC2)c1. The second kappa shape index (κ2) is 9.22. The molecule has 4 rings (SSSR count). The monoisotopic (exact) mass is 453 g/mol. The molecule has 0 spiro atoms. The van der Waals surface area contributed by atoms with E-state index in [4.69, 9.17) is 4.52 Å². The first kappa shape index (κ1) is 22.2. The zero-order chi connectivity index (χ0) is 22.7. The first-order valence-corrected chi connectivity index (χ1v) is 11.5. The highest BCUT2D eigenvalue weighted by Gasteiger charge is 2.25. The van der Waals surface area contributed by atoms with E-state index in [0.717, 1.165) is 18.0 Å². The van der Waals surface area contributed by atoms with Gasteiger partial charge in [0.1, 0.15) is 0 Å². The van der Waals surface area contributed by atoms with Crippen LogP contribution in [0.1, 0.15) is 37.0 Å². The van der Waals surface area contributed by atoms with Crippen LogP contribution >= 0.6 is 11.3 Å². The molecule has 0 radical (unpaired) electrons. The van der Waals surface area contributed by atoms with Crippen LogP contribution in [0.25, 0.3) is 10.7 Å². The molecule has 0 bridgehead atoms. The number of carbonyl (C=O) groups is 2. The van der Waals surface area contributed by atoms with Crippen LogP contribution in [-0.4, -0.2) is 57.9 Å². The average Bonchev–Trinajstić information content (AvgIpc) is 3.45. The molecular formula is C23H27N5O3S. The molecule has 0 aliphatic carbocycles. The molecule has 1 N–H and O–H groups in total. The largest absolute Gasteiger partial charge is 0.338 e. The lowest BCUT2D eigenvalue weighted by molar-refractivity contribution is -0.123. The average molecular weight is 454 g/mol. The number of amides is 2. The maximum absolute atomic E-state index is 13.0. The molecule has 2 amide bonds. The summed E-state index contributed by atoms with van der Waals surface area (Å²) in [6, 6.07) is 11.0. The normalized spacial score (nSPS) is 15.0. The van der Waals surface area contributed by atoms with Gasteiger partial charge in [-0.05, 0) is 29.6 Å². The fourth-order valence-corrected chi connectivity index (χ4v) is 4.01. The van der Waals surface area contributed by atoms with Crippen molar-refractivity contribution in [2.24, 2.45) is 5.41 Å². The molecule has 8 nitrogen and oxygen atoms in total. The summed E-state index contributed by atoms with van der Waals surface area (Å²) in [5.41, 5.74) is 0.703. The molecule has 32 heavy (non-hydrogen) atoms. The predicted molar refractivity (Wildman–Crippen MR) is 123 cm³/mol. The van der Waals surface area contributed by atoms with Gasteiger partial charge in [0, 0.05) is 42.8 Å².